The van der Waals surface area contributed by atoms with Crippen LogP contribution in [0.3, 0.4) is 0 Å². The van der Waals surface area contributed by atoms with Crippen molar-refractivity contribution in [3.63, 3.8) is 0 Å². The molecule has 0 spiro atoms. The summed E-state index contributed by atoms with van der Waals surface area (Å²) in [6.07, 6.45) is 3.45. The molecular weight excluding hydrogens is 194 g/mol. The first-order valence-corrected chi connectivity index (χ1v) is 7.16. The third kappa shape index (κ3) is 1.70. The van der Waals surface area contributed by atoms with Crippen LogP contribution in [0.4, 0.5) is 0 Å². The molecule has 0 bridgehead atoms. The van der Waals surface area contributed by atoms with Crippen molar-refractivity contribution in [2.75, 3.05) is 5.75 Å². The highest BCUT2D eigenvalue weighted by Crippen LogP contribution is 2.61. The van der Waals surface area contributed by atoms with Crippen LogP contribution in [0.25, 0.3) is 0 Å². The smallest absolute Gasteiger partial charge is 0.238 e. The lowest BCUT2D eigenvalue weighted by Gasteiger charge is -2.43. The fourth-order valence-electron chi connectivity index (χ4n) is 2.14. The van der Waals surface area contributed by atoms with Crippen molar-refractivity contribution in [3.8, 4) is 0 Å². The summed E-state index contributed by atoms with van der Waals surface area (Å²) in [5, 5.41) is 2.24. The van der Waals surface area contributed by atoms with Gasteiger partial charge in [-0.2, -0.15) is 10.0 Å². The van der Waals surface area contributed by atoms with Gasteiger partial charge in [0.1, 0.15) is 6.26 Å². The summed E-state index contributed by atoms with van der Waals surface area (Å²) in [7, 11) is -0.881. The summed E-state index contributed by atoms with van der Waals surface area (Å²) in [6.45, 7) is 11.4. The van der Waals surface area contributed by atoms with Crippen molar-refractivity contribution in [2.24, 2.45) is 0 Å². The summed E-state index contributed by atoms with van der Waals surface area (Å²) < 4.78 is 5.54. The first kappa shape index (κ1) is 11.6. The maximum Gasteiger partial charge on any atom is 0.238 e. The fraction of sp³-hybridized carbons (Fsp3) is 0.727. The maximum atomic E-state index is 5.54. The van der Waals surface area contributed by atoms with Crippen LogP contribution in [0.2, 0.25) is 0 Å². The third-order valence-corrected chi connectivity index (χ3v) is 8.07. The van der Waals surface area contributed by atoms with Crippen molar-refractivity contribution in [3.05, 3.63) is 12.5 Å². The van der Waals surface area contributed by atoms with Crippen molar-refractivity contribution >= 4 is 10.0 Å². The van der Waals surface area contributed by atoms with E-state index in [0.717, 1.165) is 11.0 Å². The van der Waals surface area contributed by atoms with Gasteiger partial charge in [-0.3, -0.25) is 0 Å². The molecule has 0 aliphatic carbocycles. The fourth-order valence-corrected chi connectivity index (χ4v) is 6.10. The normalized spacial score (nSPS) is 13.9. The molecular formula is C11H21NOS. The van der Waals surface area contributed by atoms with Crippen LogP contribution < -0.4 is 0 Å². The highest BCUT2D eigenvalue weighted by Gasteiger charge is 2.35. The van der Waals surface area contributed by atoms with Crippen LogP contribution >= 0.6 is 10.0 Å². The van der Waals surface area contributed by atoms with E-state index in [1.165, 1.54) is 0 Å². The third-order valence-electron chi connectivity index (χ3n) is 2.89. The van der Waals surface area contributed by atoms with Gasteiger partial charge < -0.3 is 4.42 Å². The number of hydrogen-bond acceptors (Lipinski definition) is 2. The van der Waals surface area contributed by atoms with Gasteiger partial charge in [-0.25, -0.2) is 4.98 Å². The van der Waals surface area contributed by atoms with E-state index >= 15 is 0 Å². The first-order chi connectivity index (χ1) is 6.55. The molecule has 1 aromatic heterocycles. The highest BCUT2D eigenvalue weighted by atomic mass is 32.3. The van der Waals surface area contributed by atoms with E-state index in [2.05, 4.69) is 39.6 Å². The minimum absolute atomic E-state index is 0.631. The Labute approximate surface area is 88.4 Å². The van der Waals surface area contributed by atoms with Gasteiger partial charge in [0.15, 0.2) is 0 Å². The molecule has 0 unspecified atom stereocenters. The summed E-state index contributed by atoms with van der Waals surface area (Å²) >= 11 is 0. The molecule has 1 aromatic rings. The zero-order valence-electron chi connectivity index (χ0n) is 9.78. The summed E-state index contributed by atoms with van der Waals surface area (Å²) in [4.78, 5) is 4.37. The quantitative estimate of drug-likeness (QED) is 0.766. The van der Waals surface area contributed by atoms with Crippen molar-refractivity contribution in [2.45, 2.75) is 50.3 Å². The van der Waals surface area contributed by atoms with Crippen LogP contribution in [0.5, 0.6) is 0 Å². The average molecular weight is 215 g/mol. The molecule has 1 heterocycles. The minimum Gasteiger partial charge on any atom is -0.441 e. The van der Waals surface area contributed by atoms with Crippen LogP contribution in [0.15, 0.2) is 22.1 Å². The molecule has 0 N–H and O–H groups in total. The van der Waals surface area contributed by atoms with Gasteiger partial charge in [-0.05, 0) is 16.3 Å². The second-order valence-corrected chi connectivity index (χ2v) is 8.54. The number of rotatable bonds is 4. The number of aromatic nitrogens is 1. The van der Waals surface area contributed by atoms with E-state index in [1.807, 2.05) is 0 Å². The Morgan fingerprint density at radius 3 is 2.14 bits per heavy atom. The Kier molecular flexibility index (Phi) is 3.65. The molecule has 0 saturated heterocycles. The Bertz CT molecular complexity index is 259. The van der Waals surface area contributed by atoms with Crippen molar-refractivity contribution < 1.29 is 4.42 Å². The Hall–Kier alpha value is -0.440. The molecule has 1 rings (SSSR count). The van der Waals surface area contributed by atoms with Gasteiger partial charge in [0.05, 0.1) is 6.20 Å². The predicted octanol–water partition coefficient (Wildman–Crippen LogP) is 3.67. The number of oxazole rings is 1. The SMILES string of the molecule is CCS(c1ncco1)(C(C)C)C(C)C. The summed E-state index contributed by atoms with van der Waals surface area (Å²) in [5.74, 6) is 1.16. The van der Waals surface area contributed by atoms with Gasteiger partial charge in [-0.15, -0.1) is 0 Å². The molecule has 0 radical (unpaired) electrons. The van der Waals surface area contributed by atoms with Crippen LogP contribution in [0, 0.1) is 0 Å². The second-order valence-electron chi connectivity index (χ2n) is 4.03. The largest absolute Gasteiger partial charge is 0.441 e. The van der Waals surface area contributed by atoms with Gasteiger partial charge in [0.2, 0.25) is 5.22 Å². The Morgan fingerprint density at radius 2 is 1.86 bits per heavy atom. The summed E-state index contributed by atoms with van der Waals surface area (Å²) in [6, 6.07) is 0. The summed E-state index contributed by atoms with van der Waals surface area (Å²) in [5.41, 5.74) is 0. The maximum absolute atomic E-state index is 5.54. The molecule has 0 aliphatic heterocycles. The molecule has 14 heavy (non-hydrogen) atoms. The lowest BCUT2D eigenvalue weighted by Crippen LogP contribution is -2.23. The van der Waals surface area contributed by atoms with E-state index in [1.54, 1.807) is 12.5 Å². The molecule has 82 valence electrons. The molecule has 0 amide bonds. The average Bonchev–Trinajstić information content (AvgIpc) is 2.58. The van der Waals surface area contributed by atoms with E-state index in [0.29, 0.717) is 10.5 Å². The number of hydrogen-bond donors (Lipinski definition) is 0. The van der Waals surface area contributed by atoms with Crippen LogP contribution in [-0.2, 0) is 0 Å². The lowest BCUT2D eigenvalue weighted by molar-refractivity contribution is 0.446. The molecule has 0 atom stereocenters. The zero-order valence-corrected chi connectivity index (χ0v) is 10.6. The molecule has 0 aliphatic rings. The molecule has 0 aromatic carbocycles. The highest BCUT2D eigenvalue weighted by molar-refractivity contribution is 8.34. The van der Waals surface area contributed by atoms with Gasteiger partial charge in [-0.1, -0.05) is 34.6 Å². The standard InChI is InChI=1S/C11H21NOS/c1-6-14(9(2)3,10(4)5)11-12-7-8-13-11/h7-10H,6H2,1-5H3. The van der Waals surface area contributed by atoms with Gasteiger partial charge in [0.25, 0.3) is 0 Å². The molecule has 3 heteroatoms. The predicted molar refractivity (Wildman–Crippen MR) is 63.2 cm³/mol. The van der Waals surface area contributed by atoms with Gasteiger partial charge >= 0.3 is 0 Å². The topological polar surface area (TPSA) is 26.0 Å². The van der Waals surface area contributed by atoms with Crippen LogP contribution in [0.1, 0.15) is 34.6 Å². The van der Waals surface area contributed by atoms with Crippen molar-refractivity contribution in [1.82, 2.24) is 4.98 Å². The van der Waals surface area contributed by atoms with E-state index < -0.39 is 10.0 Å². The van der Waals surface area contributed by atoms with E-state index in [4.69, 9.17) is 4.42 Å². The monoisotopic (exact) mass is 215 g/mol. The molecule has 0 saturated carbocycles. The zero-order chi connectivity index (χ0) is 10.8. The van der Waals surface area contributed by atoms with E-state index in [9.17, 15) is 0 Å². The Morgan fingerprint density at radius 1 is 1.29 bits per heavy atom. The second kappa shape index (κ2) is 4.39. The van der Waals surface area contributed by atoms with Gasteiger partial charge in [0, 0.05) is 0 Å². The van der Waals surface area contributed by atoms with E-state index in [-0.39, 0.29) is 0 Å². The molecule has 0 fully saturated rings. The first-order valence-electron chi connectivity index (χ1n) is 5.24. The Balaban J connectivity index is 3.15. The van der Waals surface area contributed by atoms with Crippen molar-refractivity contribution in [1.29, 1.82) is 0 Å². The van der Waals surface area contributed by atoms with Crippen LogP contribution in [-0.4, -0.2) is 21.2 Å². The lowest BCUT2D eigenvalue weighted by atomic mass is 10.5. The minimum atomic E-state index is -0.881. The number of nitrogens with zero attached hydrogens (tertiary/aromatic N) is 1. The molecule has 2 nitrogen and oxygen atoms in total.